The number of aromatic amines is 1. The molecule has 2 N–H and O–H groups in total. The van der Waals surface area contributed by atoms with Gasteiger partial charge in [0.1, 0.15) is 0 Å². The summed E-state index contributed by atoms with van der Waals surface area (Å²) in [5, 5.41) is 4.25. The molecule has 0 saturated heterocycles. The Bertz CT molecular complexity index is 1210. The lowest BCUT2D eigenvalue weighted by Crippen LogP contribution is -2.46. The summed E-state index contributed by atoms with van der Waals surface area (Å²) in [7, 11) is 1.86. The second-order valence-electron chi connectivity index (χ2n) is 10.9. The lowest BCUT2D eigenvalue weighted by molar-refractivity contribution is -0.141. The highest BCUT2D eigenvalue weighted by molar-refractivity contribution is 5.89. The van der Waals surface area contributed by atoms with E-state index in [0.717, 1.165) is 50.9 Å². The van der Waals surface area contributed by atoms with Gasteiger partial charge in [-0.15, -0.1) is 0 Å². The minimum absolute atomic E-state index is 0.0804. The topological polar surface area (TPSA) is 68.4 Å². The SMILES string of the molecule is CC(C)C1c2[nH]c3ccccc3c2CCN1C(=O)[C@H]1CC[C@H](CN(C)C(=O)Nc2ccccc2)CC1. The van der Waals surface area contributed by atoms with Gasteiger partial charge >= 0.3 is 6.03 Å². The quantitative estimate of drug-likeness (QED) is 0.449. The van der Waals surface area contributed by atoms with Gasteiger partial charge in [-0.1, -0.05) is 50.2 Å². The molecule has 0 spiro atoms. The van der Waals surface area contributed by atoms with Crippen molar-refractivity contribution >= 4 is 28.5 Å². The van der Waals surface area contributed by atoms with Gasteiger partial charge in [0.2, 0.25) is 5.91 Å². The Labute approximate surface area is 214 Å². The fraction of sp³-hybridized carbons (Fsp3) is 0.467. The molecule has 1 aromatic heterocycles. The van der Waals surface area contributed by atoms with E-state index in [0.29, 0.717) is 17.7 Å². The molecular weight excluding hydrogens is 448 g/mol. The molecule has 0 radical (unpaired) electrons. The van der Waals surface area contributed by atoms with Gasteiger partial charge in [0.15, 0.2) is 0 Å². The standard InChI is InChI=1S/C30H38N4O2/c1-20(2)28-27-25(24-11-7-8-12-26(24)32-27)17-18-34(28)29(35)22-15-13-21(14-16-22)19-33(3)30(36)31-23-9-5-4-6-10-23/h4-12,20-22,28,32H,13-19H2,1-3H3,(H,31,36)/t21-,22-,28?. The molecule has 1 saturated carbocycles. The van der Waals surface area contributed by atoms with Crippen molar-refractivity contribution in [1.29, 1.82) is 0 Å². The molecule has 1 aliphatic heterocycles. The fourth-order valence-corrected chi connectivity index (χ4v) is 6.25. The predicted octanol–water partition coefficient (Wildman–Crippen LogP) is 6.22. The van der Waals surface area contributed by atoms with Crippen LogP contribution in [0.15, 0.2) is 54.6 Å². The van der Waals surface area contributed by atoms with Crippen LogP contribution in [0.3, 0.4) is 0 Å². The van der Waals surface area contributed by atoms with E-state index in [2.05, 4.69) is 53.3 Å². The Morgan fingerprint density at radius 2 is 1.72 bits per heavy atom. The molecule has 1 unspecified atom stereocenters. The first-order valence-corrected chi connectivity index (χ1v) is 13.4. The van der Waals surface area contributed by atoms with Crippen molar-refractivity contribution in [1.82, 2.24) is 14.8 Å². The fourth-order valence-electron chi connectivity index (χ4n) is 6.25. The minimum atomic E-state index is -0.0818. The molecule has 0 bridgehead atoms. The Balaban J connectivity index is 1.19. The minimum Gasteiger partial charge on any atom is -0.356 e. The van der Waals surface area contributed by atoms with Crippen molar-refractivity contribution in [3.05, 3.63) is 65.9 Å². The average molecular weight is 487 g/mol. The molecule has 6 nitrogen and oxygen atoms in total. The van der Waals surface area contributed by atoms with Gasteiger partial charge in [-0.3, -0.25) is 4.79 Å². The van der Waals surface area contributed by atoms with Crippen LogP contribution in [0.4, 0.5) is 10.5 Å². The van der Waals surface area contributed by atoms with Crippen LogP contribution in [-0.4, -0.2) is 46.9 Å². The van der Waals surface area contributed by atoms with Crippen LogP contribution >= 0.6 is 0 Å². The summed E-state index contributed by atoms with van der Waals surface area (Å²) in [6.45, 7) is 5.95. The first kappa shape index (κ1) is 24.4. The summed E-state index contributed by atoms with van der Waals surface area (Å²) in [5.41, 5.74) is 4.59. The zero-order valence-corrected chi connectivity index (χ0v) is 21.7. The summed E-state index contributed by atoms with van der Waals surface area (Å²) in [4.78, 5) is 33.9. The number of fused-ring (bicyclic) bond motifs is 3. The van der Waals surface area contributed by atoms with E-state index in [9.17, 15) is 9.59 Å². The largest absolute Gasteiger partial charge is 0.356 e. The molecule has 2 heterocycles. The van der Waals surface area contributed by atoms with Gasteiger partial charge in [-0.05, 0) is 67.7 Å². The highest BCUT2D eigenvalue weighted by Crippen LogP contribution is 2.40. The number of carbonyl (C=O) groups excluding carboxylic acids is 2. The van der Waals surface area contributed by atoms with E-state index >= 15 is 0 Å². The number of aromatic nitrogens is 1. The zero-order chi connectivity index (χ0) is 25.2. The monoisotopic (exact) mass is 486 g/mol. The number of urea groups is 1. The lowest BCUT2D eigenvalue weighted by atomic mass is 9.80. The number of anilines is 1. The third kappa shape index (κ3) is 4.86. The number of carbonyl (C=O) groups is 2. The van der Waals surface area contributed by atoms with Gasteiger partial charge in [0.05, 0.1) is 6.04 Å². The second kappa shape index (κ2) is 10.4. The maximum Gasteiger partial charge on any atom is 0.321 e. The predicted molar refractivity (Wildman–Crippen MR) is 145 cm³/mol. The van der Waals surface area contributed by atoms with Gasteiger partial charge < -0.3 is 20.1 Å². The van der Waals surface area contributed by atoms with E-state index < -0.39 is 0 Å². The number of H-pyrrole nitrogens is 1. The van der Waals surface area contributed by atoms with Crippen LogP contribution in [0.5, 0.6) is 0 Å². The number of nitrogens with one attached hydrogen (secondary N) is 2. The highest BCUT2D eigenvalue weighted by atomic mass is 16.2. The summed E-state index contributed by atoms with van der Waals surface area (Å²) in [5.74, 6) is 1.17. The number of para-hydroxylation sites is 2. The number of rotatable bonds is 5. The van der Waals surface area contributed by atoms with Crippen molar-refractivity contribution < 1.29 is 9.59 Å². The molecule has 190 valence electrons. The number of hydrogen-bond donors (Lipinski definition) is 2. The molecule has 3 amide bonds. The van der Waals surface area contributed by atoms with Crippen LogP contribution in [0.25, 0.3) is 10.9 Å². The molecular formula is C30H38N4O2. The van der Waals surface area contributed by atoms with Crippen LogP contribution in [0, 0.1) is 17.8 Å². The lowest BCUT2D eigenvalue weighted by Gasteiger charge is -2.41. The van der Waals surface area contributed by atoms with Crippen molar-refractivity contribution in [3.63, 3.8) is 0 Å². The molecule has 5 rings (SSSR count). The van der Waals surface area contributed by atoms with Crippen LogP contribution in [0.1, 0.15) is 56.8 Å². The summed E-state index contributed by atoms with van der Waals surface area (Å²) in [6.07, 6.45) is 4.68. The van der Waals surface area contributed by atoms with Gasteiger partial charge in [-0.2, -0.15) is 0 Å². The van der Waals surface area contributed by atoms with Crippen molar-refractivity contribution in [3.8, 4) is 0 Å². The molecule has 1 fully saturated rings. The first-order valence-electron chi connectivity index (χ1n) is 13.4. The normalized spacial score (nSPS) is 21.9. The molecule has 6 heteroatoms. The zero-order valence-electron chi connectivity index (χ0n) is 21.7. The molecule has 1 atom stereocenters. The van der Waals surface area contributed by atoms with Gasteiger partial charge in [0.25, 0.3) is 0 Å². The van der Waals surface area contributed by atoms with Crippen LogP contribution in [-0.2, 0) is 11.2 Å². The summed E-state index contributed by atoms with van der Waals surface area (Å²) >= 11 is 0. The van der Waals surface area contributed by atoms with Gasteiger partial charge in [-0.25, -0.2) is 4.79 Å². The maximum absolute atomic E-state index is 13.8. The van der Waals surface area contributed by atoms with E-state index in [4.69, 9.17) is 0 Å². The van der Waals surface area contributed by atoms with Crippen LogP contribution < -0.4 is 5.32 Å². The third-order valence-corrected chi connectivity index (χ3v) is 8.10. The van der Waals surface area contributed by atoms with Gasteiger partial charge in [0, 0.05) is 48.3 Å². The van der Waals surface area contributed by atoms with Crippen molar-refractivity contribution in [2.75, 3.05) is 25.5 Å². The second-order valence-corrected chi connectivity index (χ2v) is 10.9. The Morgan fingerprint density at radius 1 is 1.03 bits per heavy atom. The third-order valence-electron chi connectivity index (χ3n) is 8.10. The number of benzene rings is 2. The average Bonchev–Trinajstić information content (AvgIpc) is 3.27. The summed E-state index contributed by atoms with van der Waals surface area (Å²) < 4.78 is 0. The van der Waals surface area contributed by atoms with E-state index in [1.54, 1.807) is 4.90 Å². The smallest absolute Gasteiger partial charge is 0.321 e. The highest BCUT2D eigenvalue weighted by Gasteiger charge is 2.38. The first-order chi connectivity index (χ1) is 17.4. The number of amides is 3. The molecule has 1 aliphatic carbocycles. The van der Waals surface area contributed by atoms with Crippen molar-refractivity contribution in [2.24, 2.45) is 17.8 Å². The number of hydrogen-bond acceptors (Lipinski definition) is 2. The summed E-state index contributed by atoms with van der Waals surface area (Å²) in [6, 6.07) is 18.1. The Kier molecular flexibility index (Phi) is 7.04. The van der Waals surface area contributed by atoms with E-state index in [1.165, 1.54) is 22.2 Å². The van der Waals surface area contributed by atoms with Crippen molar-refractivity contribution in [2.45, 2.75) is 52.0 Å². The maximum atomic E-state index is 13.8. The molecule has 36 heavy (non-hydrogen) atoms. The van der Waals surface area contributed by atoms with E-state index in [1.807, 2.05) is 37.4 Å². The van der Waals surface area contributed by atoms with E-state index in [-0.39, 0.29) is 18.0 Å². The Hall–Kier alpha value is -3.28. The van der Waals surface area contributed by atoms with Crippen LogP contribution in [0.2, 0.25) is 0 Å². The number of nitrogens with zero attached hydrogens (tertiary/aromatic N) is 2. The Morgan fingerprint density at radius 3 is 2.44 bits per heavy atom. The molecule has 3 aromatic rings. The molecule has 2 aliphatic rings. The molecule has 2 aromatic carbocycles.